The predicted octanol–water partition coefficient (Wildman–Crippen LogP) is 3.48. The minimum Gasteiger partial charge on any atom is -0.294 e. The summed E-state index contributed by atoms with van der Waals surface area (Å²) in [4.78, 5) is 18.9. The zero-order valence-corrected chi connectivity index (χ0v) is 10.6. The van der Waals surface area contributed by atoms with Crippen LogP contribution in [0.2, 0.25) is 0 Å². The van der Waals surface area contributed by atoms with Gasteiger partial charge in [-0.2, -0.15) is 0 Å². The third-order valence-electron chi connectivity index (χ3n) is 4.27. The van der Waals surface area contributed by atoms with Crippen molar-refractivity contribution in [1.82, 2.24) is 0 Å². The smallest absolute Gasteiger partial charge is 0.294 e. The van der Waals surface area contributed by atoms with Crippen LogP contribution in [0.15, 0.2) is 34.9 Å². The summed E-state index contributed by atoms with van der Waals surface area (Å²) in [6, 6.07) is 0. The van der Waals surface area contributed by atoms with E-state index in [4.69, 9.17) is 13.1 Å². The van der Waals surface area contributed by atoms with Gasteiger partial charge in [0.15, 0.2) is 5.78 Å². The molecule has 0 bridgehead atoms. The Hall–Kier alpha value is -2.13. The molecule has 0 fully saturated rings. The molecule has 3 rings (SSSR count). The summed E-state index contributed by atoms with van der Waals surface area (Å²) in [5.41, 5.74) is 1.82. The van der Waals surface area contributed by atoms with E-state index in [9.17, 15) is 4.79 Å². The lowest BCUT2D eigenvalue weighted by Gasteiger charge is -2.21. The standard InChI is InChI=1S/C16H14N2O/c1-17-16(18-2)10-13-9-14(19)8-12(13)7-11-5-3-4-6-15(11)16/h6-7,9,11H,3-5,8,10H2. The summed E-state index contributed by atoms with van der Waals surface area (Å²) in [5.74, 6) is 0.275. The van der Waals surface area contributed by atoms with Crippen LogP contribution in [0.5, 0.6) is 0 Å². The largest absolute Gasteiger partial charge is 0.510 e. The highest BCUT2D eigenvalue weighted by atomic mass is 16.1. The predicted molar refractivity (Wildman–Crippen MR) is 71.8 cm³/mol. The summed E-state index contributed by atoms with van der Waals surface area (Å²) in [6.45, 7) is 15.0. The van der Waals surface area contributed by atoms with Crippen molar-refractivity contribution in [1.29, 1.82) is 0 Å². The van der Waals surface area contributed by atoms with Crippen molar-refractivity contribution in [2.24, 2.45) is 5.92 Å². The molecule has 94 valence electrons. The first kappa shape index (κ1) is 11.9. The van der Waals surface area contributed by atoms with Crippen LogP contribution in [-0.4, -0.2) is 11.4 Å². The minimum absolute atomic E-state index is 0.105. The maximum absolute atomic E-state index is 11.6. The lowest BCUT2D eigenvalue weighted by Crippen LogP contribution is -2.28. The molecule has 0 N–H and O–H groups in total. The maximum atomic E-state index is 11.6. The molecule has 0 heterocycles. The zero-order chi connectivity index (χ0) is 13.5. The molecule has 0 saturated carbocycles. The Balaban J connectivity index is 2.16. The first-order valence-corrected chi connectivity index (χ1v) is 6.61. The molecule has 3 nitrogen and oxygen atoms in total. The number of fused-ring (bicyclic) bond motifs is 2. The van der Waals surface area contributed by atoms with Gasteiger partial charge in [-0.15, -0.1) is 0 Å². The molecular weight excluding hydrogens is 236 g/mol. The Kier molecular flexibility index (Phi) is 2.64. The van der Waals surface area contributed by atoms with Crippen molar-refractivity contribution in [3.05, 3.63) is 57.8 Å². The van der Waals surface area contributed by atoms with Crippen molar-refractivity contribution in [3.8, 4) is 0 Å². The van der Waals surface area contributed by atoms with Gasteiger partial charge in [0.2, 0.25) is 0 Å². The third kappa shape index (κ3) is 1.74. The average molecular weight is 250 g/mol. The maximum Gasteiger partial charge on any atom is 0.510 e. The number of hydrogen-bond donors (Lipinski definition) is 0. The molecule has 0 spiro atoms. The summed E-state index contributed by atoms with van der Waals surface area (Å²) >= 11 is 0. The topological polar surface area (TPSA) is 25.8 Å². The molecule has 19 heavy (non-hydrogen) atoms. The Morgan fingerprint density at radius 2 is 2.05 bits per heavy atom. The normalized spacial score (nSPS) is 27.8. The van der Waals surface area contributed by atoms with Gasteiger partial charge in [0.1, 0.15) is 12.0 Å². The highest BCUT2D eigenvalue weighted by Gasteiger charge is 2.54. The van der Waals surface area contributed by atoms with Gasteiger partial charge < -0.3 is 0 Å². The first-order chi connectivity index (χ1) is 9.18. The molecule has 0 amide bonds. The minimum atomic E-state index is -1.11. The van der Waals surface area contributed by atoms with E-state index >= 15 is 0 Å². The van der Waals surface area contributed by atoms with Gasteiger partial charge in [0, 0.05) is 12.3 Å². The van der Waals surface area contributed by atoms with Crippen LogP contribution in [0.25, 0.3) is 9.69 Å². The van der Waals surface area contributed by atoms with Gasteiger partial charge in [-0.25, -0.2) is 22.8 Å². The van der Waals surface area contributed by atoms with Crippen molar-refractivity contribution in [3.63, 3.8) is 0 Å². The van der Waals surface area contributed by atoms with E-state index in [2.05, 4.69) is 21.8 Å². The molecular formula is C16H14N2O. The van der Waals surface area contributed by atoms with Gasteiger partial charge in [-0.1, -0.05) is 12.2 Å². The monoisotopic (exact) mass is 250 g/mol. The van der Waals surface area contributed by atoms with Crippen LogP contribution in [0.3, 0.4) is 0 Å². The van der Waals surface area contributed by atoms with Crippen LogP contribution < -0.4 is 0 Å². The third-order valence-corrected chi connectivity index (χ3v) is 4.27. The van der Waals surface area contributed by atoms with Gasteiger partial charge in [-0.3, -0.25) is 4.79 Å². The van der Waals surface area contributed by atoms with E-state index < -0.39 is 5.66 Å². The number of carbonyl (C=O) groups is 1. The van der Waals surface area contributed by atoms with E-state index in [0.717, 1.165) is 36.0 Å². The lowest BCUT2D eigenvalue weighted by atomic mass is 9.80. The zero-order valence-electron chi connectivity index (χ0n) is 10.6. The quantitative estimate of drug-likeness (QED) is 0.477. The van der Waals surface area contributed by atoms with Crippen LogP contribution in [0.1, 0.15) is 32.1 Å². The van der Waals surface area contributed by atoms with Crippen LogP contribution in [-0.2, 0) is 4.79 Å². The number of allylic oxidation sites excluding steroid dienone is 4. The van der Waals surface area contributed by atoms with E-state index in [1.165, 1.54) is 0 Å². The van der Waals surface area contributed by atoms with Gasteiger partial charge in [0.25, 0.3) is 0 Å². The van der Waals surface area contributed by atoms with E-state index in [0.29, 0.717) is 12.8 Å². The van der Waals surface area contributed by atoms with Crippen LogP contribution in [0, 0.1) is 19.1 Å². The number of carbonyl (C=O) groups excluding carboxylic acids is 1. The van der Waals surface area contributed by atoms with Crippen molar-refractivity contribution in [2.75, 3.05) is 0 Å². The van der Waals surface area contributed by atoms with Gasteiger partial charge >= 0.3 is 5.66 Å². The highest BCUT2D eigenvalue weighted by Crippen LogP contribution is 2.47. The number of ketones is 1. The number of hydrogen-bond acceptors (Lipinski definition) is 1. The fourth-order valence-electron chi connectivity index (χ4n) is 3.35. The molecule has 3 aliphatic carbocycles. The lowest BCUT2D eigenvalue weighted by molar-refractivity contribution is -0.113. The molecule has 0 aromatic carbocycles. The molecule has 0 aromatic heterocycles. The summed E-state index contributed by atoms with van der Waals surface area (Å²) in [6.07, 6.45) is 9.73. The first-order valence-electron chi connectivity index (χ1n) is 6.61. The van der Waals surface area contributed by atoms with Crippen molar-refractivity contribution >= 4 is 5.78 Å². The van der Waals surface area contributed by atoms with Gasteiger partial charge in [-0.05, 0) is 36.5 Å². The fourth-order valence-corrected chi connectivity index (χ4v) is 3.35. The Morgan fingerprint density at radius 3 is 2.79 bits per heavy atom. The van der Waals surface area contributed by atoms with Crippen LogP contribution >= 0.6 is 0 Å². The number of rotatable bonds is 0. The summed E-state index contributed by atoms with van der Waals surface area (Å²) in [5, 5.41) is 0. The Bertz CT molecular complexity index is 608. The molecule has 1 unspecified atom stereocenters. The molecule has 0 saturated heterocycles. The fraction of sp³-hybridized carbons (Fsp3) is 0.438. The van der Waals surface area contributed by atoms with Gasteiger partial charge in [0.05, 0.1) is 0 Å². The van der Waals surface area contributed by atoms with Crippen molar-refractivity contribution in [2.45, 2.75) is 37.8 Å². The second kappa shape index (κ2) is 4.21. The summed E-state index contributed by atoms with van der Waals surface area (Å²) < 4.78 is 0. The molecule has 3 aliphatic rings. The van der Waals surface area contributed by atoms with Crippen molar-refractivity contribution < 1.29 is 4.79 Å². The second-order valence-corrected chi connectivity index (χ2v) is 5.42. The average Bonchev–Trinajstić information content (AvgIpc) is 2.70. The Labute approximate surface area is 112 Å². The van der Waals surface area contributed by atoms with E-state index in [1.807, 2.05) is 0 Å². The molecule has 0 aromatic rings. The molecule has 0 radical (unpaired) electrons. The molecule has 1 atom stereocenters. The summed E-state index contributed by atoms with van der Waals surface area (Å²) in [7, 11) is 0. The van der Waals surface area contributed by atoms with E-state index in [-0.39, 0.29) is 11.7 Å². The van der Waals surface area contributed by atoms with Crippen LogP contribution in [0.4, 0.5) is 0 Å². The molecule has 0 aliphatic heterocycles. The number of nitrogens with zero attached hydrogens (tertiary/aromatic N) is 2. The Morgan fingerprint density at radius 1 is 1.26 bits per heavy atom. The second-order valence-electron chi connectivity index (χ2n) is 5.42. The van der Waals surface area contributed by atoms with E-state index in [1.54, 1.807) is 6.08 Å². The highest BCUT2D eigenvalue weighted by molar-refractivity contribution is 5.97. The SMILES string of the molecule is [C-]#[N+]C1([N+]#[C-])CC2=CC(=O)CC2=CC2CCCC=C21. The molecule has 3 heteroatoms.